The smallest absolute Gasteiger partial charge is 0.338 e. The number of hydrogen-bond donors (Lipinski definition) is 1. The van der Waals surface area contributed by atoms with Crippen molar-refractivity contribution < 1.29 is 19.1 Å². The largest absolute Gasteiger partial charge is 0.478 e. The molecule has 0 radical (unpaired) electrons. The minimum atomic E-state index is -1.10. The average Bonchev–Trinajstić information content (AvgIpc) is 2.78. The topological polar surface area (TPSA) is 70.8 Å². The molecule has 1 N–H and O–H groups in total. The molecule has 0 unspecified atom stereocenters. The van der Waals surface area contributed by atoms with Gasteiger partial charge in [0, 0.05) is 19.2 Å². The first-order valence-electron chi connectivity index (χ1n) is 5.35. The molecule has 0 atom stereocenters. The number of rotatable bonds is 2. The molecule has 0 saturated carbocycles. The van der Waals surface area contributed by atoms with Crippen LogP contribution < -0.4 is 0 Å². The van der Waals surface area contributed by atoms with Crippen molar-refractivity contribution in [2.24, 2.45) is 0 Å². The van der Waals surface area contributed by atoms with Crippen molar-refractivity contribution in [1.82, 2.24) is 4.90 Å². The van der Waals surface area contributed by atoms with E-state index in [9.17, 15) is 9.59 Å². The predicted octanol–water partition coefficient (Wildman–Crippen LogP) is 1.77. The molecule has 2 rings (SSSR count). The molecular weight excluding hydrogens is 222 g/mol. The van der Waals surface area contributed by atoms with Gasteiger partial charge in [0.2, 0.25) is 0 Å². The second-order valence-electron chi connectivity index (χ2n) is 4.05. The highest BCUT2D eigenvalue weighted by Crippen LogP contribution is 2.17. The van der Waals surface area contributed by atoms with Gasteiger partial charge in [-0.05, 0) is 12.8 Å². The molecule has 1 aliphatic heterocycles. The van der Waals surface area contributed by atoms with Gasteiger partial charge in [0.15, 0.2) is 5.76 Å². The molecular formula is C12H13NO4. The van der Waals surface area contributed by atoms with Crippen LogP contribution in [-0.4, -0.2) is 35.0 Å². The van der Waals surface area contributed by atoms with Gasteiger partial charge < -0.3 is 14.4 Å². The van der Waals surface area contributed by atoms with Gasteiger partial charge in [-0.15, -0.1) is 0 Å². The SMILES string of the molecule is C=C1CCN(C(=O)c2cc(C(=O)O)co2)CC1. The molecule has 1 aliphatic rings. The van der Waals surface area contributed by atoms with E-state index in [1.54, 1.807) is 4.90 Å². The van der Waals surface area contributed by atoms with Crippen LogP contribution in [0, 0.1) is 0 Å². The zero-order chi connectivity index (χ0) is 12.4. The van der Waals surface area contributed by atoms with Crippen molar-refractivity contribution in [3.05, 3.63) is 35.8 Å². The van der Waals surface area contributed by atoms with E-state index in [2.05, 4.69) is 6.58 Å². The first kappa shape index (κ1) is 11.4. The fraction of sp³-hybridized carbons (Fsp3) is 0.333. The Balaban J connectivity index is 2.08. The number of hydrogen-bond acceptors (Lipinski definition) is 3. The summed E-state index contributed by atoms with van der Waals surface area (Å²) in [6.07, 6.45) is 2.66. The van der Waals surface area contributed by atoms with Gasteiger partial charge in [-0.1, -0.05) is 12.2 Å². The van der Waals surface area contributed by atoms with E-state index in [0.29, 0.717) is 13.1 Å². The normalized spacial score (nSPS) is 16.0. The number of carbonyl (C=O) groups is 2. The Labute approximate surface area is 98.3 Å². The fourth-order valence-electron chi connectivity index (χ4n) is 1.74. The summed E-state index contributed by atoms with van der Waals surface area (Å²) in [7, 11) is 0. The Morgan fingerprint density at radius 2 is 2.00 bits per heavy atom. The van der Waals surface area contributed by atoms with E-state index in [0.717, 1.165) is 24.7 Å². The lowest BCUT2D eigenvalue weighted by molar-refractivity contribution is 0.0692. The van der Waals surface area contributed by atoms with Crippen molar-refractivity contribution in [1.29, 1.82) is 0 Å². The fourth-order valence-corrected chi connectivity index (χ4v) is 1.74. The summed E-state index contributed by atoms with van der Waals surface area (Å²) in [5.74, 6) is -1.28. The number of carboxylic acids is 1. The quantitative estimate of drug-likeness (QED) is 0.793. The molecule has 5 heteroatoms. The number of furan rings is 1. The van der Waals surface area contributed by atoms with Crippen LogP contribution in [0.3, 0.4) is 0 Å². The molecule has 17 heavy (non-hydrogen) atoms. The molecule has 0 aliphatic carbocycles. The number of likely N-dealkylation sites (tertiary alicyclic amines) is 1. The summed E-state index contributed by atoms with van der Waals surface area (Å²) in [5, 5.41) is 8.73. The van der Waals surface area contributed by atoms with Crippen LogP contribution in [0.4, 0.5) is 0 Å². The molecule has 0 aromatic carbocycles. The third-order valence-corrected chi connectivity index (χ3v) is 2.81. The monoisotopic (exact) mass is 235 g/mol. The van der Waals surface area contributed by atoms with Crippen LogP contribution in [0.2, 0.25) is 0 Å². The molecule has 90 valence electrons. The Hall–Kier alpha value is -2.04. The van der Waals surface area contributed by atoms with Gasteiger partial charge in [0.1, 0.15) is 6.26 Å². The highest BCUT2D eigenvalue weighted by molar-refractivity contribution is 5.95. The second kappa shape index (κ2) is 4.45. The van der Waals surface area contributed by atoms with Gasteiger partial charge in [-0.3, -0.25) is 4.79 Å². The van der Waals surface area contributed by atoms with Crippen LogP contribution in [0.25, 0.3) is 0 Å². The number of carboxylic acid groups (broad SMARTS) is 1. The number of nitrogens with zero attached hydrogens (tertiary/aromatic N) is 1. The van der Waals surface area contributed by atoms with Crippen LogP contribution in [0.5, 0.6) is 0 Å². The average molecular weight is 235 g/mol. The Morgan fingerprint density at radius 1 is 1.35 bits per heavy atom. The number of piperidine rings is 1. The van der Waals surface area contributed by atoms with Crippen LogP contribution in [-0.2, 0) is 0 Å². The number of amides is 1. The summed E-state index contributed by atoms with van der Waals surface area (Å²) in [6.45, 7) is 5.09. The van der Waals surface area contributed by atoms with E-state index in [-0.39, 0.29) is 17.2 Å². The minimum absolute atomic E-state index is 0.00484. The number of carbonyl (C=O) groups excluding carboxylic acids is 1. The highest BCUT2D eigenvalue weighted by atomic mass is 16.4. The first-order valence-corrected chi connectivity index (χ1v) is 5.35. The third-order valence-electron chi connectivity index (χ3n) is 2.81. The second-order valence-corrected chi connectivity index (χ2v) is 4.05. The molecule has 1 aromatic heterocycles. The number of aromatic carboxylic acids is 1. The highest BCUT2D eigenvalue weighted by Gasteiger charge is 2.23. The van der Waals surface area contributed by atoms with Gasteiger partial charge in [-0.25, -0.2) is 4.79 Å². The predicted molar refractivity (Wildman–Crippen MR) is 59.9 cm³/mol. The van der Waals surface area contributed by atoms with Gasteiger partial charge in [0.25, 0.3) is 5.91 Å². The van der Waals surface area contributed by atoms with Crippen LogP contribution in [0.1, 0.15) is 33.8 Å². The zero-order valence-corrected chi connectivity index (χ0v) is 9.31. The van der Waals surface area contributed by atoms with Crippen molar-refractivity contribution in [2.45, 2.75) is 12.8 Å². The lowest BCUT2D eigenvalue weighted by Crippen LogP contribution is -2.36. The lowest BCUT2D eigenvalue weighted by Gasteiger charge is -2.27. The van der Waals surface area contributed by atoms with Crippen molar-refractivity contribution in [3.63, 3.8) is 0 Å². The summed E-state index contributed by atoms with van der Waals surface area (Å²) < 4.78 is 4.97. The summed E-state index contributed by atoms with van der Waals surface area (Å²) in [4.78, 5) is 24.3. The zero-order valence-electron chi connectivity index (χ0n) is 9.31. The standard InChI is InChI=1S/C12H13NO4/c1-8-2-4-13(5-3-8)11(14)10-6-9(7-17-10)12(15)16/h6-7H,1-5H2,(H,15,16). The van der Waals surface area contributed by atoms with E-state index < -0.39 is 5.97 Å². The Morgan fingerprint density at radius 3 is 2.53 bits per heavy atom. The third kappa shape index (κ3) is 2.38. The molecule has 1 saturated heterocycles. The molecule has 1 aromatic rings. The van der Waals surface area contributed by atoms with Gasteiger partial charge in [0.05, 0.1) is 5.56 Å². The van der Waals surface area contributed by atoms with E-state index in [1.165, 1.54) is 6.07 Å². The molecule has 2 heterocycles. The Bertz CT molecular complexity index is 465. The lowest BCUT2D eigenvalue weighted by atomic mass is 10.1. The van der Waals surface area contributed by atoms with Gasteiger partial charge >= 0.3 is 5.97 Å². The summed E-state index contributed by atoms with van der Waals surface area (Å²) >= 11 is 0. The van der Waals surface area contributed by atoms with E-state index >= 15 is 0 Å². The first-order chi connectivity index (χ1) is 8.08. The van der Waals surface area contributed by atoms with E-state index in [1.807, 2.05) is 0 Å². The minimum Gasteiger partial charge on any atom is -0.478 e. The molecule has 1 amide bonds. The molecule has 0 bridgehead atoms. The summed E-state index contributed by atoms with van der Waals surface area (Å²) in [5.41, 5.74) is 1.13. The Kier molecular flexibility index (Phi) is 2.99. The van der Waals surface area contributed by atoms with Crippen molar-refractivity contribution in [3.8, 4) is 0 Å². The molecule has 1 fully saturated rings. The van der Waals surface area contributed by atoms with Gasteiger partial charge in [-0.2, -0.15) is 0 Å². The maximum absolute atomic E-state index is 12.0. The summed E-state index contributed by atoms with van der Waals surface area (Å²) in [6, 6.07) is 1.26. The maximum Gasteiger partial charge on any atom is 0.338 e. The van der Waals surface area contributed by atoms with E-state index in [4.69, 9.17) is 9.52 Å². The van der Waals surface area contributed by atoms with Crippen LogP contribution >= 0.6 is 0 Å². The molecule has 5 nitrogen and oxygen atoms in total. The van der Waals surface area contributed by atoms with Crippen LogP contribution in [0.15, 0.2) is 28.9 Å². The molecule has 0 spiro atoms. The maximum atomic E-state index is 12.0. The van der Waals surface area contributed by atoms with Crippen molar-refractivity contribution >= 4 is 11.9 Å². The van der Waals surface area contributed by atoms with Crippen molar-refractivity contribution in [2.75, 3.05) is 13.1 Å².